The molecule has 0 unspecified atom stereocenters. The van der Waals surface area contributed by atoms with Gasteiger partial charge < -0.3 is 0 Å². The highest BCUT2D eigenvalue weighted by Crippen LogP contribution is 2.29. The van der Waals surface area contributed by atoms with Crippen LogP contribution in [0.1, 0.15) is 41.3 Å². The lowest BCUT2D eigenvalue weighted by Gasteiger charge is -2.16. The van der Waals surface area contributed by atoms with E-state index in [4.69, 9.17) is 0 Å². The number of hydrogen-bond donors (Lipinski definition) is 0. The summed E-state index contributed by atoms with van der Waals surface area (Å²) in [4.78, 5) is 11.8. The summed E-state index contributed by atoms with van der Waals surface area (Å²) in [6.07, 6.45) is 0. The minimum atomic E-state index is 0.123. The van der Waals surface area contributed by atoms with Gasteiger partial charge in [-0.05, 0) is 28.8 Å². The fourth-order valence-corrected chi connectivity index (χ4v) is 2.85. The molecule has 1 nitrogen and oxygen atoms in total. The number of rotatable bonds is 3. The Labute approximate surface area is 125 Å². The number of benzene rings is 3. The van der Waals surface area contributed by atoms with Gasteiger partial charge in [0.1, 0.15) is 0 Å². The van der Waals surface area contributed by atoms with E-state index in [1.807, 2.05) is 18.2 Å². The van der Waals surface area contributed by atoms with E-state index in [1.165, 1.54) is 16.3 Å². The third kappa shape index (κ3) is 2.59. The first-order valence-corrected chi connectivity index (χ1v) is 7.25. The zero-order chi connectivity index (χ0) is 14.8. The van der Waals surface area contributed by atoms with Crippen LogP contribution in [0.4, 0.5) is 0 Å². The van der Waals surface area contributed by atoms with Gasteiger partial charge in [0.2, 0.25) is 0 Å². The van der Waals surface area contributed by atoms with Gasteiger partial charge in [-0.1, -0.05) is 73.7 Å². The molecular formula is C20H18O. The van der Waals surface area contributed by atoms with Crippen molar-refractivity contribution in [1.29, 1.82) is 0 Å². The van der Waals surface area contributed by atoms with Gasteiger partial charge in [-0.25, -0.2) is 0 Å². The summed E-state index contributed by atoms with van der Waals surface area (Å²) >= 11 is 0. The van der Waals surface area contributed by atoms with Gasteiger partial charge in [-0.2, -0.15) is 0 Å². The normalized spacial score (nSPS) is 12.3. The zero-order valence-corrected chi connectivity index (χ0v) is 12.3. The first-order valence-electron chi connectivity index (χ1n) is 7.25. The summed E-state index contributed by atoms with van der Waals surface area (Å²) in [5, 5.41) is 2.48. The number of hydrogen-bond acceptors (Lipinski definition) is 1. The molecule has 1 atom stereocenters. The minimum absolute atomic E-state index is 0.123. The van der Waals surface area contributed by atoms with Crippen LogP contribution >= 0.6 is 0 Å². The molecular weight excluding hydrogens is 256 g/mol. The lowest BCUT2D eigenvalue weighted by molar-refractivity contribution is 0.101. The number of fused-ring (bicyclic) bond motifs is 1. The Morgan fingerprint density at radius 2 is 1.52 bits per heavy atom. The molecule has 0 aromatic heterocycles. The second-order valence-corrected chi connectivity index (χ2v) is 5.47. The number of Topliss-reactive ketones (excluding diaryl/α,β-unsaturated/α-hetero) is 1. The second-order valence-electron chi connectivity index (χ2n) is 5.47. The van der Waals surface area contributed by atoms with Crippen LogP contribution in [0.5, 0.6) is 0 Å². The fourth-order valence-electron chi connectivity index (χ4n) is 2.85. The molecule has 3 aromatic rings. The van der Waals surface area contributed by atoms with Crippen molar-refractivity contribution >= 4 is 16.6 Å². The van der Waals surface area contributed by atoms with Gasteiger partial charge >= 0.3 is 0 Å². The maximum absolute atomic E-state index is 11.8. The molecule has 3 aromatic carbocycles. The zero-order valence-electron chi connectivity index (χ0n) is 12.3. The van der Waals surface area contributed by atoms with E-state index in [0.717, 1.165) is 11.1 Å². The Kier molecular flexibility index (Phi) is 3.57. The summed E-state index contributed by atoms with van der Waals surface area (Å²) in [5.74, 6) is 0.327. The van der Waals surface area contributed by atoms with E-state index < -0.39 is 0 Å². The Hall–Kier alpha value is -2.41. The molecule has 0 N–H and O–H groups in total. The van der Waals surface area contributed by atoms with Crippen molar-refractivity contribution in [2.75, 3.05) is 0 Å². The first-order chi connectivity index (χ1) is 10.2. The average Bonchev–Trinajstić information content (AvgIpc) is 2.53. The third-order valence-electron chi connectivity index (χ3n) is 4.08. The molecule has 0 aliphatic rings. The Bertz CT molecular complexity index is 802. The standard InChI is InChI=1S/C20H18O/c1-14(19-9-5-6-10-20(19)15(2)21)17-12-11-16-7-3-4-8-18(16)13-17/h3-14H,1-2H3/t14-/m1/s1. The Morgan fingerprint density at radius 3 is 2.29 bits per heavy atom. The van der Waals surface area contributed by atoms with Gasteiger partial charge in [-0.3, -0.25) is 4.79 Å². The molecule has 0 bridgehead atoms. The molecule has 0 saturated carbocycles. The molecule has 0 fully saturated rings. The molecule has 0 heterocycles. The van der Waals surface area contributed by atoms with E-state index >= 15 is 0 Å². The van der Waals surface area contributed by atoms with Crippen LogP contribution in [0.25, 0.3) is 10.8 Å². The van der Waals surface area contributed by atoms with Crippen LogP contribution in [0, 0.1) is 0 Å². The predicted octanol–water partition coefficient (Wildman–Crippen LogP) is 5.19. The second kappa shape index (κ2) is 5.53. The lowest BCUT2D eigenvalue weighted by Crippen LogP contribution is -2.04. The molecule has 0 saturated heterocycles. The van der Waals surface area contributed by atoms with Crippen molar-refractivity contribution in [3.63, 3.8) is 0 Å². The van der Waals surface area contributed by atoms with Crippen molar-refractivity contribution in [2.45, 2.75) is 19.8 Å². The van der Waals surface area contributed by atoms with Crippen LogP contribution in [0.2, 0.25) is 0 Å². The highest BCUT2D eigenvalue weighted by Gasteiger charge is 2.14. The number of ketones is 1. The molecule has 0 aliphatic heterocycles. The maximum atomic E-state index is 11.8. The fraction of sp³-hybridized carbons (Fsp3) is 0.150. The van der Waals surface area contributed by atoms with Gasteiger partial charge in [0.15, 0.2) is 5.78 Å². The molecule has 1 heteroatoms. The molecule has 3 rings (SSSR count). The van der Waals surface area contributed by atoms with E-state index in [2.05, 4.69) is 55.5 Å². The number of carbonyl (C=O) groups is 1. The van der Waals surface area contributed by atoms with Crippen molar-refractivity contribution in [3.05, 3.63) is 83.4 Å². The van der Waals surface area contributed by atoms with Gasteiger partial charge in [0.25, 0.3) is 0 Å². The van der Waals surface area contributed by atoms with Crippen LogP contribution in [0.3, 0.4) is 0 Å². The topological polar surface area (TPSA) is 17.1 Å². The van der Waals surface area contributed by atoms with E-state index in [1.54, 1.807) is 6.92 Å². The van der Waals surface area contributed by atoms with Gasteiger partial charge in [-0.15, -0.1) is 0 Å². The Morgan fingerprint density at radius 1 is 0.857 bits per heavy atom. The monoisotopic (exact) mass is 274 g/mol. The maximum Gasteiger partial charge on any atom is 0.160 e. The molecule has 104 valence electrons. The average molecular weight is 274 g/mol. The van der Waals surface area contributed by atoms with Crippen molar-refractivity contribution in [2.24, 2.45) is 0 Å². The van der Waals surface area contributed by atoms with Crippen LogP contribution in [0.15, 0.2) is 66.7 Å². The summed E-state index contributed by atoms with van der Waals surface area (Å²) in [6, 6.07) is 22.8. The van der Waals surface area contributed by atoms with E-state index in [0.29, 0.717) is 0 Å². The quantitative estimate of drug-likeness (QED) is 0.600. The lowest BCUT2D eigenvalue weighted by atomic mass is 9.87. The van der Waals surface area contributed by atoms with Gasteiger partial charge in [0.05, 0.1) is 0 Å². The van der Waals surface area contributed by atoms with E-state index in [9.17, 15) is 4.79 Å². The molecule has 0 aliphatic carbocycles. The summed E-state index contributed by atoms with van der Waals surface area (Å²) in [5.41, 5.74) is 3.15. The summed E-state index contributed by atoms with van der Waals surface area (Å²) in [7, 11) is 0. The van der Waals surface area contributed by atoms with E-state index in [-0.39, 0.29) is 11.7 Å². The highest BCUT2D eigenvalue weighted by atomic mass is 16.1. The SMILES string of the molecule is CC(=O)c1ccccc1[C@H](C)c1ccc2ccccc2c1. The molecule has 21 heavy (non-hydrogen) atoms. The van der Waals surface area contributed by atoms with Crippen LogP contribution in [-0.4, -0.2) is 5.78 Å². The largest absolute Gasteiger partial charge is 0.295 e. The van der Waals surface area contributed by atoms with Crippen molar-refractivity contribution < 1.29 is 4.79 Å². The summed E-state index contributed by atoms with van der Waals surface area (Å²) < 4.78 is 0. The predicted molar refractivity (Wildman–Crippen MR) is 87.9 cm³/mol. The molecule has 0 radical (unpaired) electrons. The van der Waals surface area contributed by atoms with Crippen LogP contribution in [-0.2, 0) is 0 Å². The molecule has 0 amide bonds. The van der Waals surface area contributed by atoms with Crippen molar-refractivity contribution in [1.82, 2.24) is 0 Å². The molecule has 0 spiro atoms. The Balaban J connectivity index is 2.08. The highest BCUT2D eigenvalue weighted by molar-refractivity contribution is 5.96. The summed E-state index contributed by atoms with van der Waals surface area (Å²) in [6.45, 7) is 3.79. The van der Waals surface area contributed by atoms with Crippen LogP contribution < -0.4 is 0 Å². The third-order valence-corrected chi connectivity index (χ3v) is 4.08. The van der Waals surface area contributed by atoms with Crippen molar-refractivity contribution in [3.8, 4) is 0 Å². The smallest absolute Gasteiger partial charge is 0.160 e. The van der Waals surface area contributed by atoms with Gasteiger partial charge in [0, 0.05) is 11.5 Å². The number of carbonyl (C=O) groups excluding carboxylic acids is 1. The first kappa shape index (κ1) is 13.6. The minimum Gasteiger partial charge on any atom is -0.295 e.